The highest BCUT2D eigenvalue weighted by molar-refractivity contribution is 6.34. The summed E-state index contributed by atoms with van der Waals surface area (Å²) in [5.74, 6) is -1.11. The van der Waals surface area contributed by atoms with Crippen molar-refractivity contribution in [2.45, 2.75) is 6.61 Å². The summed E-state index contributed by atoms with van der Waals surface area (Å²) in [5, 5.41) is 4.24. The van der Waals surface area contributed by atoms with Gasteiger partial charge in [0, 0.05) is 19.3 Å². The topological polar surface area (TPSA) is 57.3 Å². The summed E-state index contributed by atoms with van der Waals surface area (Å²) in [6, 6.07) is 6.29. The quantitative estimate of drug-likeness (QED) is 0.470. The van der Waals surface area contributed by atoms with Gasteiger partial charge in [-0.1, -0.05) is 11.6 Å². The van der Waals surface area contributed by atoms with E-state index in [0.717, 1.165) is 12.1 Å². The molecule has 0 bridgehead atoms. The minimum atomic E-state index is -0.797. The molecule has 134 valence electrons. The number of benzene rings is 1. The van der Waals surface area contributed by atoms with Crippen LogP contribution in [0.1, 0.15) is 22.0 Å². The van der Waals surface area contributed by atoms with Crippen molar-refractivity contribution in [2.75, 3.05) is 0 Å². The Morgan fingerprint density at radius 1 is 1.35 bits per heavy atom. The second-order valence-electron chi connectivity index (χ2n) is 5.36. The number of carbonyl (C=O) groups is 1. The number of hydrogen-bond acceptors (Lipinski definition) is 4. The van der Waals surface area contributed by atoms with E-state index in [0.29, 0.717) is 11.5 Å². The fourth-order valence-electron chi connectivity index (χ4n) is 2.17. The molecular weight excluding hydrogens is 366 g/mol. The number of ether oxygens (including phenoxy) is 1. The average molecular weight is 379 g/mol. The largest absolute Gasteiger partial charge is 0.483 e. The maximum Gasteiger partial charge on any atom is 0.207 e. The van der Waals surface area contributed by atoms with Gasteiger partial charge in [0.15, 0.2) is 17.3 Å². The number of hydrogen-bond donors (Lipinski definition) is 0. The first kappa shape index (κ1) is 17.9. The van der Waals surface area contributed by atoms with Gasteiger partial charge in [-0.3, -0.25) is 9.48 Å². The van der Waals surface area contributed by atoms with Crippen LogP contribution >= 0.6 is 11.6 Å². The lowest BCUT2D eigenvalue weighted by molar-refractivity contribution is 0.104. The van der Waals surface area contributed by atoms with Gasteiger partial charge < -0.3 is 9.15 Å². The van der Waals surface area contributed by atoms with Crippen molar-refractivity contribution in [2.24, 2.45) is 7.05 Å². The molecule has 5 nitrogen and oxygen atoms in total. The van der Waals surface area contributed by atoms with Gasteiger partial charge in [-0.15, -0.1) is 0 Å². The smallest absolute Gasteiger partial charge is 0.207 e. The maximum atomic E-state index is 13.5. The van der Waals surface area contributed by atoms with E-state index in [9.17, 15) is 13.6 Å². The highest BCUT2D eigenvalue weighted by Crippen LogP contribution is 2.20. The van der Waals surface area contributed by atoms with E-state index < -0.39 is 11.6 Å². The number of furan rings is 1. The summed E-state index contributed by atoms with van der Waals surface area (Å²) in [6.07, 6.45) is 4.28. The SMILES string of the molecule is Cn1cc(Cl)c(C(=O)/C=C/c2ccc(COc3ccc(F)cc3F)o2)n1. The predicted molar refractivity (Wildman–Crippen MR) is 91.0 cm³/mol. The molecule has 0 saturated heterocycles. The molecular formula is C18H13ClF2N2O3. The van der Waals surface area contributed by atoms with Gasteiger partial charge in [0.25, 0.3) is 0 Å². The van der Waals surface area contributed by atoms with Gasteiger partial charge in [-0.25, -0.2) is 8.78 Å². The first-order valence-corrected chi connectivity index (χ1v) is 7.88. The molecule has 0 aliphatic rings. The molecule has 0 atom stereocenters. The van der Waals surface area contributed by atoms with E-state index in [1.807, 2.05) is 0 Å². The molecule has 1 aromatic carbocycles. The fourth-order valence-corrected chi connectivity index (χ4v) is 2.44. The Bertz CT molecular complexity index is 979. The van der Waals surface area contributed by atoms with Crippen LogP contribution in [-0.2, 0) is 13.7 Å². The summed E-state index contributed by atoms with van der Waals surface area (Å²) in [6.45, 7) is -0.0452. The Labute approximate surface area is 152 Å². The van der Waals surface area contributed by atoms with Crippen molar-refractivity contribution >= 4 is 23.5 Å². The molecule has 0 amide bonds. The van der Waals surface area contributed by atoms with Crippen LogP contribution in [0.15, 0.2) is 47.0 Å². The molecule has 0 spiro atoms. The zero-order valence-electron chi connectivity index (χ0n) is 13.6. The summed E-state index contributed by atoms with van der Waals surface area (Å²) in [7, 11) is 1.66. The molecule has 0 saturated carbocycles. The normalized spacial score (nSPS) is 11.2. The molecule has 0 unspecified atom stereocenters. The van der Waals surface area contributed by atoms with Crippen LogP contribution < -0.4 is 4.74 Å². The molecule has 0 aliphatic heterocycles. The minimum absolute atomic E-state index is 0.0452. The molecule has 0 radical (unpaired) electrons. The lowest BCUT2D eigenvalue weighted by Crippen LogP contribution is -1.98. The Morgan fingerprint density at radius 3 is 2.85 bits per heavy atom. The predicted octanol–water partition coefficient (Wildman–Crippen LogP) is 4.42. The number of aromatic nitrogens is 2. The lowest BCUT2D eigenvalue weighted by atomic mass is 10.2. The third-order valence-electron chi connectivity index (χ3n) is 3.36. The zero-order valence-corrected chi connectivity index (χ0v) is 14.3. The van der Waals surface area contributed by atoms with Crippen molar-refractivity contribution in [3.63, 3.8) is 0 Å². The van der Waals surface area contributed by atoms with Crippen LogP contribution in [-0.4, -0.2) is 15.6 Å². The van der Waals surface area contributed by atoms with Gasteiger partial charge >= 0.3 is 0 Å². The molecule has 3 rings (SSSR count). The van der Waals surface area contributed by atoms with E-state index >= 15 is 0 Å². The van der Waals surface area contributed by atoms with E-state index in [1.54, 1.807) is 19.2 Å². The van der Waals surface area contributed by atoms with Crippen LogP contribution in [0.5, 0.6) is 5.75 Å². The van der Waals surface area contributed by atoms with Crippen LogP contribution in [0, 0.1) is 11.6 Å². The van der Waals surface area contributed by atoms with Crippen molar-refractivity contribution in [1.29, 1.82) is 0 Å². The number of rotatable bonds is 6. The Morgan fingerprint density at radius 2 is 2.15 bits per heavy atom. The number of carbonyl (C=O) groups excluding carboxylic acids is 1. The molecule has 0 fully saturated rings. The number of ketones is 1. The third-order valence-corrected chi connectivity index (χ3v) is 3.64. The highest BCUT2D eigenvalue weighted by Gasteiger charge is 2.12. The Kier molecular flexibility index (Phi) is 5.18. The van der Waals surface area contributed by atoms with Crippen LogP contribution in [0.25, 0.3) is 6.08 Å². The van der Waals surface area contributed by atoms with Crippen LogP contribution in [0.4, 0.5) is 8.78 Å². The first-order valence-electron chi connectivity index (χ1n) is 7.50. The van der Waals surface area contributed by atoms with Crippen molar-refractivity contribution in [1.82, 2.24) is 9.78 Å². The number of allylic oxidation sites excluding steroid dienone is 1. The van der Waals surface area contributed by atoms with Gasteiger partial charge in [-0.05, 0) is 36.4 Å². The second kappa shape index (κ2) is 7.53. The molecule has 0 aliphatic carbocycles. The lowest BCUT2D eigenvalue weighted by Gasteiger charge is -2.05. The van der Waals surface area contributed by atoms with E-state index in [-0.39, 0.29) is 28.9 Å². The summed E-state index contributed by atoms with van der Waals surface area (Å²) in [4.78, 5) is 12.0. The number of halogens is 3. The Hall–Kier alpha value is -2.93. The van der Waals surface area contributed by atoms with E-state index in [2.05, 4.69) is 5.10 Å². The average Bonchev–Trinajstić information content (AvgIpc) is 3.18. The summed E-state index contributed by atoms with van der Waals surface area (Å²) < 4.78 is 38.5. The maximum absolute atomic E-state index is 13.5. The molecule has 26 heavy (non-hydrogen) atoms. The fraction of sp³-hybridized carbons (Fsp3) is 0.111. The molecule has 2 heterocycles. The number of nitrogens with zero attached hydrogens (tertiary/aromatic N) is 2. The Balaban J connectivity index is 1.62. The highest BCUT2D eigenvalue weighted by atomic mass is 35.5. The van der Waals surface area contributed by atoms with Gasteiger partial charge in [0.1, 0.15) is 23.9 Å². The van der Waals surface area contributed by atoms with E-state index in [4.69, 9.17) is 20.8 Å². The van der Waals surface area contributed by atoms with Crippen LogP contribution in [0.3, 0.4) is 0 Å². The third kappa shape index (κ3) is 4.18. The number of aryl methyl sites for hydroxylation is 1. The van der Waals surface area contributed by atoms with Crippen LogP contribution in [0.2, 0.25) is 5.02 Å². The summed E-state index contributed by atoms with van der Waals surface area (Å²) in [5.41, 5.74) is 0.146. The van der Waals surface area contributed by atoms with Gasteiger partial charge in [-0.2, -0.15) is 5.10 Å². The molecule has 8 heteroatoms. The monoisotopic (exact) mass is 378 g/mol. The van der Waals surface area contributed by atoms with E-state index in [1.165, 1.54) is 29.1 Å². The second-order valence-corrected chi connectivity index (χ2v) is 5.77. The zero-order chi connectivity index (χ0) is 18.7. The van der Waals surface area contributed by atoms with Gasteiger partial charge in [0.2, 0.25) is 5.78 Å². The molecule has 0 N–H and O–H groups in total. The van der Waals surface area contributed by atoms with Crippen molar-refractivity contribution in [3.05, 3.63) is 76.5 Å². The molecule has 2 aromatic heterocycles. The molecule has 3 aromatic rings. The first-order chi connectivity index (χ1) is 12.4. The standard InChI is InChI=1S/C18H13ClF2N2O3/c1-23-9-14(19)18(22-23)16(24)6-5-12-3-4-13(26-12)10-25-17-7-2-11(20)8-15(17)21/h2-9H,10H2,1H3/b6-5+. The van der Waals surface area contributed by atoms with Crippen molar-refractivity contribution < 1.29 is 22.7 Å². The van der Waals surface area contributed by atoms with Gasteiger partial charge in [0.05, 0.1) is 5.02 Å². The van der Waals surface area contributed by atoms with Crippen molar-refractivity contribution in [3.8, 4) is 5.75 Å². The minimum Gasteiger partial charge on any atom is -0.483 e. The summed E-state index contributed by atoms with van der Waals surface area (Å²) >= 11 is 5.92.